The maximum atomic E-state index is 11.8. The monoisotopic (exact) mass is 343 g/mol. The first kappa shape index (κ1) is 16.6. The van der Waals surface area contributed by atoms with Crippen molar-refractivity contribution >= 4 is 22.6 Å². The van der Waals surface area contributed by atoms with Gasteiger partial charge in [0.15, 0.2) is 0 Å². The van der Waals surface area contributed by atoms with Crippen LogP contribution < -0.4 is 15.7 Å². The predicted molar refractivity (Wildman–Crippen MR) is 95.7 cm³/mol. The summed E-state index contributed by atoms with van der Waals surface area (Å²) in [7, 11) is 1.58. The lowest BCUT2D eigenvalue weighted by Gasteiger charge is -2.15. The molecule has 3 aromatic rings. The van der Waals surface area contributed by atoms with Crippen LogP contribution in [-0.4, -0.2) is 7.11 Å². The fourth-order valence-corrected chi connectivity index (χ4v) is 2.74. The van der Waals surface area contributed by atoms with Crippen LogP contribution in [0.5, 0.6) is 5.75 Å². The predicted octanol–water partition coefficient (Wildman–Crippen LogP) is 4.31. The number of halogens is 1. The topological polar surface area (TPSA) is 51.5 Å². The molecule has 1 heterocycles. The van der Waals surface area contributed by atoms with Gasteiger partial charge in [0.05, 0.1) is 7.11 Å². The van der Waals surface area contributed by atoms with Crippen molar-refractivity contribution in [2.24, 2.45) is 0 Å². The van der Waals surface area contributed by atoms with Crippen molar-refractivity contribution in [1.82, 2.24) is 5.32 Å². The number of ether oxygens (including phenoxy) is 1. The largest absolute Gasteiger partial charge is 0.497 e. The fourth-order valence-electron chi connectivity index (χ4n) is 2.62. The molecule has 0 bridgehead atoms. The first-order chi connectivity index (χ1) is 11.6. The standard InChI is InChI=1S/C19H18ClNO3/c1-12(13-3-5-15(20)6-4-13)21-11-14-9-19(22)24-18-10-16(23-2)7-8-17(14)18/h3-10,12,21H,11H2,1-2H3/t12-/m1/s1. The van der Waals surface area contributed by atoms with Crippen LogP contribution in [0.15, 0.2) is 57.7 Å². The quantitative estimate of drug-likeness (QED) is 0.701. The molecule has 0 fully saturated rings. The van der Waals surface area contributed by atoms with Crippen LogP contribution in [0.1, 0.15) is 24.1 Å². The molecule has 0 amide bonds. The van der Waals surface area contributed by atoms with Crippen LogP contribution in [-0.2, 0) is 6.54 Å². The molecule has 1 N–H and O–H groups in total. The fraction of sp³-hybridized carbons (Fsp3) is 0.211. The van der Waals surface area contributed by atoms with Crippen molar-refractivity contribution < 1.29 is 9.15 Å². The summed E-state index contributed by atoms with van der Waals surface area (Å²) < 4.78 is 10.5. The normalized spacial score (nSPS) is 12.3. The summed E-state index contributed by atoms with van der Waals surface area (Å²) in [6.45, 7) is 2.62. The summed E-state index contributed by atoms with van der Waals surface area (Å²) in [5, 5.41) is 5.04. The van der Waals surface area contributed by atoms with E-state index >= 15 is 0 Å². The number of benzene rings is 2. The van der Waals surface area contributed by atoms with E-state index in [-0.39, 0.29) is 11.7 Å². The second-order valence-corrected chi connectivity index (χ2v) is 6.04. The molecule has 0 saturated heterocycles. The zero-order valence-corrected chi connectivity index (χ0v) is 14.3. The van der Waals surface area contributed by atoms with Crippen molar-refractivity contribution in [3.05, 3.63) is 75.1 Å². The van der Waals surface area contributed by atoms with Crippen LogP contribution in [0, 0.1) is 0 Å². The van der Waals surface area contributed by atoms with Crippen LogP contribution in [0.4, 0.5) is 0 Å². The molecule has 0 aliphatic heterocycles. The Kier molecular flexibility index (Phi) is 4.88. The summed E-state index contributed by atoms with van der Waals surface area (Å²) in [5.41, 5.74) is 2.18. The Balaban J connectivity index is 1.84. The van der Waals surface area contributed by atoms with Gasteiger partial charge in [-0.05, 0) is 42.3 Å². The van der Waals surface area contributed by atoms with Crippen LogP contribution in [0.2, 0.25) is 5.02 Å². The average Bonchev–Trinajstić information content (AvgIpc) is 2.59. The van der Waals surface area contributed by atoms with Crippen LogP contribution in [0.3, 0.4) is 0 Å². The molecule has 0 saturated carbocycles. The first-order valence-corrected chi connectivity index (χ1v) is 8.04. The maximum Gasteiger partial charge on any atom is 0.336 e. The third kappa shape index (κ3) is 3.61. The van der Waals surface area contributed by atoms with Crippen molar-refractivity contribution in [2.45, 2.75) is 19.5 Å². The van der Waals surface area contributed by atoms with Gasteiger partial charge in [-0.2, -0.15) is 0 Å². The number of methoxy groups -OCH3 is 1. The van der Waals surface area contributed by atoms with Crippen molar-refractivity contribution in [3.8, 4) is 5.75 Å². The van der Waals surface area contributed by atoms with Gasteiger partial charge in [-0.15, -0.1) is 0 Å². The highest BCUT2D eigenvalue weighted by molar-refractivity contribution is 6.30. The molecule has 1 aromatic heterocycles. The van der Waals surface area contributed by atoms with Crippen molar-refractivity contribution in [3.63, 3.8) is 0 Å². The molecule has 5 heteroatoms. The highest BCUT2D eigenvalue weighted by atomic mass is 35.5. The summed E-state index contributed by atoms with van der Waals surface area (Å²) in [4.78, 5) is 11.8. The Morgan fingerprint density at radius 2 is 1.92 bits per heavy atom. The molecule has 0 spiro atoms. The molecular weight excluding hydrogens is 326 g/mol. The van der Waals surface area contributed by atoms with E-state index in [1.54, 1.807) is 13.2 Å². The second-order valence-electron chi connectivity index (χ2n) is 5.61. The van der Waals surface area contributed by atoms with Gasteiger partial charge in [-0.25, -0.2) is 4.79 Å². The van der Waals surface area contributed by atoms with E-state index in [9.17, 15) is 4.79 Å². The first-order valence-electron chi connectivity index (χ1n) is 7.66. The molecular formula is C19H18ClNO3. The Bertz CT molecular complexity index is 903. The third-order valence-electron chi connectivity index (χ3n) is 4.01. The summed E-state index contributed by atoms with van der Waals surface area (Å²) in [5.74, 6) is 0.658. The molecule has 124 valence electrons. The zero-order chi connectivity index (χ0) is 17.1. The highest BCUT2D eigenvalue weighted by Crippen LogP contribution is 2.23. The minimum Gasteiger partial charge on any atom is -0.497 e. The zero-order valence-electron chi connectivity index (χ0n) is 13.5. The van der Waals surface area contributed by atoms with E-state index < -0.39 is 0 Å². The maximum absolute atomic E-state index is 11.8. The number of rotatable bonds is 5. The molecule has 1 atom stereocenters. The lowest BCUT2D eigenvalue weighted by Crippen LogP contribution is -2.19. The lowest BCUT2D eigenvalue weighted by atomic mass is 10.1. The van der Waals surface area contributed by atoms with Crippen LogP contribution >= 0.6 is 11.6 Å². The molecule has 2 aromatic carbocycles. The van der Waals surface area contributed by atoms with E-state index in [1.807, 2.05) is 36.4 Å². The Labute approximate surface area is 145 Å². The average molecular weight is 344 g/mol. The molecule has 0 radical (unpaired) electrons. The second kappa shape index (κ2) is 7.07. The lowest BCUT2D eigenvalue weighted by molar-refractivity contribution is 0.414. The Hall–Kier alpha value is -2.30. The highest BCUT2D eigenvalue weighted by Gasteiger charge is 2.09. The van der Waals surface area contributed by atoms with Crippen LogP contribution in [0.25, 0.3) is 11.0 Å². The molecule has 0 unspecified atom stereocenters. The van der Waals surface area contributed by atoms with Gasteiger partial charge in [-0.3, -0.25) is 0 Å². The Morgan fingerprint density at radius 1 is 1.17 bits per heavy atom. The van der Waals surface area contributed by atoms with E-state index in [4.69, 9.17) is 20.8 Å². The van der Waals surface area contributed by atoms with Gasteiger partial charge in [0.25, 0.3) is 0 Å². The minimum absolute atomic E-state index is 0.128. The summed E-state index contributed by atoms with van der Waals surface area (Å²) in [6, 6.07) is 14.9. The van der Waals surface area contributed by atoms with Gasteiger partial charge < -0.3 is 14.5 Å². The number of hydrogen-bond acceptors (Lipinski definition) is 4. The van der Waals surface area contributed by atoms with Gasteiger partial charge in [0.1, 0.15) is 11.3 Å². The molecule has 0 aliphatic rings. The molecule has 0 aliphatic carbocycles. The van der Waals surface area contributed by atoms with E-state index in [2.05, 4.69) is 12.2 Å². The van der Waals surface area contributed by atoms with E-state index in [0.717, 1.165) is 16.5 Å². The molecule has 3 rings (SSSR count). The van der Waals surface area contributed by atoms with Gasteiger partial charge in [0.2, 0.25) is 0 Å². The van der Waals surface area contributed by atoms with E-state index in [1.165, 1.54) is 6.07 Å². The van der Waals surface area contributed by atoms with Gasteiger partial charge >= 0.3 is 5.63 Å². The van der Waals surface area contributed by atoms with Crippen molar-refractivity contribution in [1.29, 1.82) is 0 Å². The van der Waals surface area contributed by atoms with Gasteiger partial charge in [-0.1, -0.05) is 23.7 Å². The third-order valence-corrected chi connectivity index (χ3v) is 4.26. The van der Waals surface area contributed by atoms with Gasteiger partial charge in [0, 0.05) is 35.1 Å². The van der Waals surface area contributed by atoms with Crippen molar-refractivity contribution in [2.75, 3.05) is 7.11 Å². The summed E-state index contributed by atoms with van der Waals surface area (Å²) >= 11 is 5.92. The number of fused-ring (bicyclic) bond motifs is 1. The minimum atomic E-state index is -0.369. The Morgan fingerprint density at radius 3 is 2.62 bits per heavy atom. The van der Waals surface area contributed by atoms with E-state index in [0.29, 0.717) is 22.9 Å². The number of hydrogen-bond donors (Lipinski definition) is 1. The summed E-state index contributed by atoms with van der Waals surface area (Å²) in [6.07, 6.45) is 0. The SMILES string of the molecule is COc1ccc2c(CN[C@H](C)c3ccc(Cl)cc3)cc(=O)oc2c1. The molecule has 4 nitrogen and oxygen atoms in total. The smallest absolute Gasteiger partial charge is 0.336 e. The number of nitrogens with one attached hydrogen (secondary N) is 1. The molecule has 24 heavy (non-hydrogen) atoms.